The summed E-state index contributed by atoms with van der Waals surface area (Å²) in [6.45, 7) is 5.14. The second kappa shape index (κ2) is 11.2. The van der Waals surface area contributed by atoms with Gasteiger partial charge in [0.1, 0.15) is 0 Å². The van der Waals surface area contributed by atoms with Crippen LogP contribution in [0.1, 0.15) is 40.2 Å². The fourth-order valence-corrected chi connectivity index (χ4v) is 4.56. The summed E-state index contributed by atoms with van der Waals surface area (Å²) < 4.78 is 47.8. The molecule has 2 atom stereocenters. The first kappa shape index (κ1) is 26.0. The van der Waals surface area contributed by atoms with Crippen molar-refractivity contribution in [3.63, 3.8) is 0 Å². The molecular weight excluding hydrogens is 477 g/mol. The molecule has 2 aromatic rings. The summed E-state index contributed by atoms with van der Waals surface area (Å²) in [5.74, 6) is -2.79. The maximum atomic E-state index is 12.9. The van der Waals surface area contributed by atoms with Crippen molar-refractivity contribution in [1.82, 2.24) is 19.5 Å². The minimum absolute atomic E-state index is 0.0289. The number of aliphatic carboxylic acids is 1. The SMILES string of the molecule is Cc1snnc1C(=O)N1CCC2OCCCC2(COCc2ccncc2)C1.O=C(O)C(F)(F)F. The standard InChI is InChI=1S/C19H24N4O3S.C2HF3O2/c1-14-17(21-22-27-14)18(24)23-9-5-16-19(12-23,6-2-10-26-16)13-25-11-15-3-7-20-8-4-15;3-2(4,5)1(6)7/h3-4,7-8,16H,2,5-6,9-13H2,1H3;(H,6,7). The lowest BCUT2D eigenvalue weighted by molar-refractivity contribution is -0.192. The number of hydrogen-bond acceptors (Lipinski definition) is 8. The molecule has 0 aliphatic carbocycles. The number of halogens is 3. The molecule has 0 radical (unpaired) electrons. The van der Waals surface area contributed by atoms with Gasteiger partial charge in [0.05, 0.1) is 24.2 Å². The van der Waals surface area contributed by atoms with Gasteiger partial charge in [-0.3, -0.25) is 9.78 Å². The van der Waals surface area contributed by atoms with Crippen molar-refractivity contribution >= 4 is 23.4 Å². The number of rotatable bonds is 5. The number of carbonyl (C=O) groups excluding carboxylic acids is 1. The molecule has 2 aliphatic rings. The van der Waals surface area contributed by atoms with Crippen molar-refractivity contribution in [1.29, 1.82) is 0 Å². The normalized spacial score (nSPS) is 22.4. The lowest BCUT2D eigenvalue weighted by atomic mass is 9.73. The van der Waals surface area contributed by atoms with Crippen molar-refractivity contribution in [2.75, 3.05) is 26.3 Å². The number of carbonyl (C=O) groups is 2. The Morgan fingerprint density at radius 2 is 2.06 bits per heavy atom. The van der Waals surface area contributed by atoms with Crippen LogP contribution in [0.15, 0.2) is 24.5 Å². The van der Waals surface area contributed by atoms with Crippen molar-refractivity contribution < 1.29 is 37.3 Å². The fraction of sp³-hybridized carbons (Fsp3) is 0.571. The van der Waals surface area contributed by atoms with Gasteiger partial charge in [-0.1, -0.05) is 4.49 Å². The van der Waals surface area contributed by atoms with Crippen LogP contribution >= 0.6 is 11.5 Å². The number of aryl methyl sites for hydroxylation is 1. The highest BCUT2D eigenvalue weighted by Gasteiger charge is 2.47. The van der Waals surface area contributed by atoms with E-state index < -0.39 is 12.1 Å². The number of alkyl halides is 3. The molecule has 34 heavy (non-hydrogen) atoms. The van der Waals surface area contributed by atoms with E-state index in [2.05, 4.69) is 14.6 Å². The van der Waals surface area contributed by atoms with E-state index in [1.165, 1.54) is 11.5 Å². The van der Waals surface area contributed by atoms with Gasteiger partial charge in [0.25, 0.3) is 5.91 Å². The van der Waals surface area contributed by atoms with E-state index in [-0.39, 0.29) is 17.4 Å². The van der Waals surface area contributed by atoms with Crippen LogP contribution in [-0.2, 0) is 20.9 Å². The van der Waals surface area contributed by atoms with Gasteiger partial charge in [0.2, 0.25) is 0 Å². The van der Waals surface area contributed by atoms with Gasteiger partial charge in [0, 0.05) is 37.5 Å². The smallest absolute Gasteiger partial charge is 0.475 e. The first-order valence-electron chi connectivity index (χ1n) is 10.6. The van der Waals surface area contributed by atoms with Crippen molar-refractivity contribution in [3.05, 3.63) is 40.7 Å². The number of piperidine rings is 1. The van der Waals surface area contributed by atoms with E-state index in [9.17, 15) is 18.0 Å². The number of fused-ring (bicyclic) bond motifs is 1. The monoisotopic (exact) mass is 502 g/mol. The van der Waals surface area contributed by atoms with Crippen LogP contribution in [0.25, 0.3) is 0 Å². The third kappa shape index (κ3) is 6.48. The molecular formula is C21H25F3N4O5S. The van der Waals surface area contributed by atoms with Crippen LogP contribution < -0.4 is 0 Å². The van der Waals surface area contributed by atoms with Crippen LogP contribution in [0.3, 0.4) is 0 Å². The average Bonchev–Trinajstić information content (AvgIpc) is 3.24. The Hall–Kier alpha value is -2.64. The Balaban J connectivity index is 0.000000406. The number of likely N-dealkylation sites (tertiary alicyclic amines) is 1. The molecule has 4 heterocycles. The molecule has 1 N–H and O–H groups in total. The van der Waals surface area contributed by atoms with Gasteiger partial charge in [0.15, 0.2) is 5.69 Å². The van der Waals surface area contributed by atoms with Crippen LogP contribution in [0.2, 0.25) is 0 Å². The Bertz CT molecular complexity index is 975. The highest BCUT2D eigenvalue weighted by molar-refractivity contribution is 7.05. The minimum atomic E-state index is -5.08. The number of carboxylic acid groups (broad SMARTS) is 1. The Morgan fingerprint density at radius 3 is 2.68 bits per heavy atom. The van der Waals surface area contributed by atoms with Gasteiger partial charge in [-0.15, -0.1) is 5.10 Å². The Labute approximate surface area is 198 Å². The topological polar surface area (TPSA) is 115 Å². The molecule has 0 aromatic carbocycles. The molecule has 1 amide bonds. The second-order valence-electron chi connectivity index (χ2n) is 8.17. The number of ether oxygens (including phenoxy) is 2. The molecule has 2 unspecified atom stereocenters. The summed E-state index contributed by atoms with van der Waals surface area (Å²) in [7, 11) is 0. The van der Waals surface area contributed by atoms with E-state index >= 15 is 0 Å². The third-order valence-corrected chi connectivity index (χ3v) is 6.41. The molecule has 0 saturated carbocycles. The highest BCUT2D eigenvalue weighted by Crippen LogP contribution is 2.41. The van der Waals surface area contributed by atoms with E-state index in [1.54, 1.807) is 12.4 Å². The lowest BCUT2D eigenvalue weighted by Crippen LogP contribution is -2.58. The number of amides is 1. The first-order chi connectivity index (χ1) is 16.1. The molecule has 2 aromatic heterocycles. The fourth-order valence-electron chi connectivity index (χ4n) is 4.10. The lowest BCUT2D eigenvalue weighted by Gasteiger charge is -2.50. The molecule has 13 heteroatoms. The van der Waals surface area contributed by atoms with Crippen LogP contribution in [0.4, 0.5) is 13.2 Å². The summed E-state index contributed by atoms with van der Waals surface area (Å²) in [6.07, 6.45) is 1.44. The molecule has 0 bridgehead atoms. The molecule has 9 nitrogen and oxygen atoms in total. The van der Waals surface area contributed by atoms with Crippen LogP contribution in [0.5, 0.6) is 0 Å². The number of hydrogen-bond donors (Lipinski definition) is 1. The van der Waals surface area contributed by atoms with E-state index in [1.807, 2.05) is 24.0 Å². The second-order valence-corrected chi connectivity index (χ2v) is 9.13. The largest absolute Gasteiger partial charge is 0.490 e. The Morgan fingerprint density at radius 1 is 1.35 bits per heavy atom. The molecule has 4 rings (SSSR count). The van der Waals surface area contributed by atoms with Crippen molar-refractivity contribution in [2.24, 2.45) is 5.41 Å². The zero-order valence-electron chi connectivity index (χ0n) is 18.5. The molecule has 2 fully saturated rings. The number of carboxylic acids is 1. The summed E-state index contributed by atoms with van der Waals surface area (Å²) >= 11 is 1.27. The van der Waals surface area contributed by atoms with Crippen LogP contribution in [0, 0.1) is 12.3 Å². The summed E-state index contributed by atoms with van der Waals surface area (Å²) in [5, 5.41) is 11.2. The van der Waals surface area contributed by atoms with Crippen molar-refractivity contribution in [3.8, 4) is 0 Å². The van der Waals surface area contributed by atoms with E-state index in [0.717, 1.165) is 36.3 Å². The Kier molecular flexibility index (Phi) is 8.55. The maximum Gasteiger partial charge on any atom is 0.490 e. The van der Waals surface area contributed by atoms with Crippen molar-refractivity contribution in [2.45, 2.75) is 45.1 Å². The van der Waals surface area contributed by atoms with Gasteiger partial charge in [-0.2, -0.15) is 13.2 Å². The number of aromatic nitrogens is 3. The van der Waals surface area contributed by atoms with E-state index in [4.69, 9.17) is 19.4 Å². The predicted molar refractivity (Wildman–Crippen MR) is 114 cm³/mol. The van der Waals surface area contributed by atoms with Gasteiger partial charge < -0.3 is 19.5 Å². The maximum absolute atomic E-state index is 12.9. The molecule has 2 saturated heterocycles. The average molecular weight is 503 g/mol. The molecule has 2 aliphatic heterocycles. The highest BCUT2D eigenvalue weighted by atomic mass is 32.1. The zero-order chi connectivity index (χ0) is 24.8. The third-order valence-electron chi connectivity index (χ3n) is 5.78. The van der Waals surface area contributed by atoms with Gasteiger partial charge in [-0.25, -0.2) is 4.79 Å². The summed E-state index contributed by atoms with van der Waals surface area (Å²) in [6, 6.07) is 3.92. The number of nitrogens with zero attached hydrogens (tertiary/aromatic N) is 4. The summed E-state index contributed by atoms with van der Waals surface area (Å²) in [5.41, 5.74) is 1.42. The van der Waals surface area contributed by atoms with Gasteiger partial charge in [-0.05, 0) is 55.4 Å². The van der Waals surface area contributed by atoms with Crippen LogP contribution in [-0.4, -0.2) is 75.0 Å². The summed E-state index contributed by atoms with van der Waals surface area (Å²) in [4.78, 5) is 28.6. The molecule has 186 valence electrons. The predicted octanol–water partition coefficient (Wildman–Crippen LogP) is 3.10. The minimum Gasteiger partial charge on any atom is -0.475 e. The first-order valence-corrected chi connectivity index (χ1v) is 11.4. The zero-order valence-corrected chi connectivity index (χ0v) is 19.3. The quantitative estimate of drug-likeness (QED) is 0.664. The number of pyridine rings is 1. The van der Waals surface area contributed by atoms with Gasteiger partial charge >= 0.3 is 12.1 Å². The van der Waals surface area contributed by atoms with E-state index in [0.29, 0.717) is 32.0 Å². The molecule has 0 spiro atoms.